The highest BCUT2D eigenvalue weighted by molar-refractivity contribution is 5.36. The lowest BCUT2D eigenvalue weighted by Crippen LogP contribution is -2.19. The first kappa shape index (κ1) is 14.8. The number of nitrogens with one attached hydrogen (secondary N) is 2. The highest BCUT2D eigenvalue weighted by atomic mass is 16.5. The molecule has 1 aliphatic rings. The van der Waals surface area contributed by atoms with Gasteiger partial charge in [0.1, 0.15) is 0 Å². The third-order valence-corrected chi connectivity index (χ3v) is 3.32. The summed E-state index contributed by atoms with van der Waals surface area (Å²) < 4.78 is 5.59. The van der Waals surface area contributed by atoms with Crippen molar-refractivity contribution in [2.45, 2.75) is 59.1 Å². The van der Waals surface area contributed by atoms with E-state index in [2.05, 4.69) is 32.5 Å². The Hall–Kier alpha value is -1.59. The summed E-state index contributed by atoms with van der Waals surface area (Å²) in [6.07, 6.45) is 3.65. The van der Waals surface area contributed by atoms with E-state index in [0.717, 1.165) is 12.5 Å². The SMILES string of the molecule is CCNc1nc(NC2CCC(C)C2)nc(OC(C)C)n1. The van der Waals surface area contributed by atoms with E-state index in [1.54, 1.807) is 0 Å². The van der Waals surface area contributed by atoms with Gasteiger partial charge in [-0.05, 0) is 46.0 Å². The van der Waals surface area contributed by atoms with Crippen molar-refractivity contribution in [3.8, 4) is 6.01 Å². The highest BCUT2D eigenvalue weighted by Gasteiger charge is 2.22. The lowest BCUT2D eigenvalue weighted by atomic mass is 10.1. The van der Waals surface area contributed by atoms with E-state index in [9.17, 15) is 0 Å². The zero-order valence-electron chi connectivity index (χ0n) is 12.8. The van der Waals surface area contributed by atoms with E-state index < -0.39 is 0 Å². The van der Waals surface area contributed by atoms with Crippen molar-refractivity contribution in [1.29, 1.82) is 0 Å². The number of hydrogen-bond acceptors (Lipinski definition) is 6. The fraction of sp³-hybridized carbons (Fsp3) is 0.786. The minimum Gasteiger partial charge on any atom is -0.461 e. The molecule has 20 heavy (non-hydrogen) atoms. The molecule has 0 bridgehead atoms. The third kappa shape index (κ3) is 4.21. The molecule has 0 aliphatic heterocycles. The molecule has 2 atom stereocenters. The van der Waals surface area contributed by atoms with Gasteiger partial charge in [-0.2, -0.15) is 15.0 Å². The maximum atomic E-state index is 5.59. The molecule has 0 saturated heterocycles. The Morgan fingerprint density at radius 1 is 1.20 bits per heavy atom. The van der Waals surface area contributed by atoms with Crippen molar-refractivity contribution in [3.05, 3.63) is 0 Å². The summed E-state index contributed by atoms with van der Waals surface area (Å²) in [5.41, 5.74) is 0. The second kappa shape index (κ2) is 6.72. The highest BCUT2D eigenvalue weighted by Crippen LogP contribution is 2.27. The molecule has 1 saturated carbocycles. The van der Waals surface area contributed by atoms with Crippen LogP contribution in [-0.4, -0.2) is 33.6 Å². The van der Waals surface area contributed by atoms with Gasteiger partial charge >= 0.3 is 6.01 Å². The molecular weight excluding hydrogens is 254 g/mol. The van der Waals surface area contributed by atoms with Crippen molar-refractivity contribution < 1.29 is 4.74 Å². The van der Waals surface area contributed by atoms with Gasteiger partial charge in [0, 0.05) is 12.6 Å². The summed E-state index contributed by atoms with van der Waals surface area (Å²) >= 11 is 0. The van der Waals surface area contributed by atoms with Gasteiger partial charge in [0.05, 0.1) is 6.10 Å². The van der Waals surface area contributed by atoms with Crippen LogP contribution in [0, 0.1) is 5.92 Å². The summed E-state index contributed by atoms with van der Waals surface area (Å²) in [6, 6.07) is 0.827. The first-order chi connectivity index (χ1) is 9.56. The Morgan fingerprint density at radius 3 is 2.55 bits per heavy atom. The van der Waals surface area contributed by atoms with E-state index in [0.29, 0.717) is 23.9 Å². The van der Waals surface area contributed by atoms with E-state index in [1.165, 1.54) is 19.3 Å². The Balaban J connectivity index is 2.11. The predicted octanol–water partition coefficient (Wildman–Crippen LogP) is 2.69. The molecule has 112 valence electrons. The van der Waals surface area contributed by atoms with Gasteiger partial charge in [0.25, 0.3) is 0 Å². The summed E-state index contributed by atoms with van der Waals surface area (Å²) in [4.78, 5) is 13.0. The summed E-state index contributed by atoms with van der Waals surface area (Å²) in [5, 5.41) is 6.51. The maximum Gasteiger partial charge on any atom is 0.323 e. The number of nitrogens with zero attached hydrogens (tertiary/aromatic N) is 3. The number of anilines is 2. The first-order valence-corrected chi connectivity index (χ1v) is 7.50. The smallest absolute Gasteiger partial charge is 0.323 e. The van der Waals surface area contributed by atoms with Gasteiger partial charge in [-0.25, -0.2) is 0 Å². The van der Waals surface area contributed by atoms with E-state index in [1.807, 2.05) is 20.8 Å². The quantitative estimate of drug-likeness (QED) is 0.834. The van der Waals surface area contributed by atoms with Crippen molar-refractivity contribution in [1.82, 2.24) is 15.0 Å². The molecule has 1 fully saturated rings. The summed E-state index contributed by atoms with van der Waals surface area (Å²) in [7, 11) is 0. The second-order valence-electron chi connectivity index (χ2n) is 5.72. The Bertz CT molecular complexity index is 438. The average molecular weight is 279 g/mol. The van der Waals surface area contributed by atoms with Crippen LogP contribution in [-0.2, 0) is 0 Å². The molecule has 1 heterocycles. The Morgan fingerprint density at radius 2 is 1.95 bits per heavy atom. The normalized spacial score (nSPS) is 22.1. The van der Waals surface area contributed by atoms with Crippen LogP contribution < -0.4 is 15.4 Å². The fourth-order valence-electron chi connectivity index (χ4n) is 2.44. The number of hydrogen-bond donors (Lipinski definition) is 2. The van der Waals surface area contributed by atoms with Gasteiger partial charge in [0.15, 0.2) is 0 Å². The molecule has 6 nitrogen and oxygen atoms in total. The van der Waals surface area contributed by atoms with Crippen molar-refractivity contribution in [3.63, 3.8) is 0 Å². The van der Waals surface area contributed by atoms with Crippen LogP contribution in [0.15, 0.2) is 0 Å². The van der Waals surface area contributed by atoms with Gasteiger partial charge in [-0.1, -0.05) is 6.92 Å². The number of aromatic nitrogens is 3. The number of ether oxygens (including phenoxy) is 1. The van der Waals surface area contributed by atoms with Crippen molar-refractivity contribution in [2.24, 2.45) is 5.92 Å². The molecule has 1 aromatic rings. The van der Waals surface area contributed by atoms with Crippen LogP contribution in [0.3, 0.4) is 0 Å². The van der Waals surface area contributed by atoms with E-state index >= 15 is 0 Å². The van der Waals surface area contributed by atoms with Crippen LogP contribution >= 0.6 is 0 Å². The molecule has 0 radical (unpaired) electrons. The predicted molar refractivity (Wildman–Crippen MR) is 80.2 cm³/mol. The molecule has 0 aromatic carbocycles. The fourth-order valence-corrected chi connectivity index (χ4v) is 2.44. The lowest BCUT2D eigenvalue weighted by molar-refractivity contribution is 0.222. The van der Waals surface area contributed by atoms with Crippen LogP contribution in [0.4, 0.5) is 11.9 Å². The molecular formula is C14H25N5O. The molecule has 2 N–H and O–H groups in total. The number of rotatable bonds is 6. The van der Waals surface area contributed by atoms with Gasteiger partial charge in [0.2, 0.25) is 11.9 Å². The maximum absolute atomic E-state index is 5.59. The summed E-state index contributed by atoms with van der Waals surface area (Å²) in [5.74, 6) is 1.94. The van der Waals surface area contributed by atoms with Gasteiger partial charge in [-0.3, -0.25) is 0 Å². The summed E-state index contributed by atoms with van der Waals surface area (Å²) in [6.45, 7) is 8.99. The second-order valence-corrected chi connectivity index (χ2v) is 5.72. The zero-order chi connectivity index (χ0) is 14.5. The third-order valence-electron chi connectivity index (χ3n) is 3.32. The van der Waals surface area contributed by atoms with Gasteiger partial charge in [-0.15, -0.1) is 0 Å². The molecule has 1 aromatic heterocycles. The minimum absolute atomic E-state index is 0.0474. The standard InChI is InChI=1S/C14H25N5O/c1-5-15-12-17-13(16-11-7-6-10(4)8-11)19-14(18-12)20-9(2)3/h9-11H,5-8H2,1-4H3,(H2,15,16,17,18,19). The Kier molecular flexibility index (Phi) is 4.98. The Labute approximate surface area is 120 Å². The molecule has 0 amide bonds. The van der Waals surface area contributed by atoms with Crippen LogP contribution in [0.25, 0.3) is 0 Å². The molecule has 2 unspecified atom stereocenters. The van der Waals surface area contributed by atoms with Gasteiger partial charge < -0.3 is 15.4 Å². The van der Waals surface area contributed by atoms with E-state index in [-0.39, 0.29) is 6.10 Å². The average Bonchev–Trinajstić information content (AvgIpc) is 2.74. The molecule has 1 aliphatic carbocycles. The van der Waals surface area contributed by atoms with Crippen LogP contribution in [0.2, 0.25) is 0 Å². The molecule has 6 heteroatoms. The van der Waals surface area contributed by atoms with Crippen molar-refractivity contribution >= 4 is 11.9 Å². The van der Waals surface area contributed by atoms with E-state index in [4.69, 9.17) is 4.74 Å². The zero-order valence-corrected chi connectivity index (χ0v) is 12.8. The minimum atomic E-state index is 0.0474. The lowest BCUT2D eigenvalue weighted by Gasteiger charge is -2.15. The van der Waals surface area contributed by atoms with Crippen LogP contribution in [0.5, 0.6) is 6.01 Å². The van der Waals surface area contributed by atoms with Crippen LogP contribution in [0.1, 0.15) is 47.0 Å². The molecule has 2 rings (SSSR count). The first-order valence-electron chi connectivity index (χ1n) is 7.50. The largest absolute Gasteiger partial charge is 0.461 e. The topological polar surface area (TPSA) is 72.0 Å². The molecule has 0 spiro atoms. The van der Waals surface area contributed by atoms with Crippen molar-refractivity contribution in [2.75, 3.05) is 17.2 Å². The monoisotopic (exact) mass is 279 g/mol.